The normalized spacial score (nSPS) is 10.0. The van der Waals surface area contributed by atoms with Crippen LogP contribution in [0.1, 0.15) is 11.1 Å². The van der Waals surface area contributed by atoms with Gasteiger partial charge in [-0.2, -0.15) is 0 Å². The molecule has 0 aromatic heterocycles. The predicted octanol–water partition coefficient (Wildman–Crippen LogP) is 3.62. The lowest BCUT2D eigenvalue weighted by Crippen LogP contribution is -2.10. The van der Waals surface area contributed by atoms with E-state index in [1.165, 1.54) is 7.69 Å². The topological polar surface area (TPSA) is 18.5 Å². The first-order valence-corrected chi connectivity index (χ1v) is 5.76. The largest absolute Gasteiger partial charge is 0.658 e. The van der Waals surface area contributed by atoms with E-state index < -0.39 is 13.3 Å². The zero-order chi connectivity index (χ0) is 13.5. The van der Waals surface area contributed by atoms with Gasteiger partial charge in [0.1, 0.15) is 24.8 Å². The minimum absolute atomic E-state index is 0.499. The van der Waals surface area contributed by atoms with Gasteiger partial charge in [0.2, 0.25) is 0 Å². The molecule has 97 valence electrons. The van der Waals surface area contributed by atoms with Gasteiger partial charge in [-0.25, -0.2) is 8.78 Å². The summed E-state index contributed by atoms with van der Waals surface area (Å²) in [6.45, 7) is -0.997. The monoisotopic (exact) mass is 261 g/mol. The van der Waals surface area contributed by atoms with Crippen molar-refractivity contribution in [1.29, 1.82) is 0 Å². The summed E-state index contributed by atoms with van der Waals surface area (Å²) >= 11 is 0. The molecule has 0 heterocycles. The van der Waals surface area contributed by atoms with Crippen LogP contribution in [0.25, 0.3) is 0 Å². The molecular weight excluding hydrogens is 249 g/mol. The lowest BCUT2D eigenvalue weighted by molar-refractivity contribution is 0.456. The molecule has 0 saturated heterocycles. The SMILES string of the molecule is FCc1ccc(O[B]Oc2ccc(CF)cc2)cc1. The molecule has 2 aromatic carbocycles. The van der Waals surface area contributed by atoms with E-state index in [0.29, 0.717) is 22.6 Å². The molecule has 0 aliphatic heterocycles. The third-order valence-corrected chi connectivity index (χ3v) is 2.52. The summed E-state index contributed by atoms with van der Waals surface area (Å²) in [5.74, 6) is 1.11. The average Bonchev–Trinajstić information content (AvgIpc) is 2.49. The Morgan fingerprint density at radius 3 is 1.37 bits per heavy atom. The molecule has 2 nitrogen and oxygen atoms in total. The molecule has 0 atom stereocenters. The van der Waals surface area contributed by atoms with Crippen LogP contribution in [0.4, 0.5) is 8.78 Å². The first-order chi connectivity index (χ1) is 9.31. The predicted molar refractivity (Wildman–Crippen MR) is 69.5 cm³/mol. The zero-order valence-corrected chi connectivity index (χ0v) is 10.2. The molecule has 2 rings (SSSR count). The second kappa shape index (κ2) is 6.78. The van der Waals surface area contributed by atoms with Crippen molar-refractivity contribution in [3.63, 3.8) is 0 Å². The zero-order valence-electron chi connectivity index (χ0n) is 10.2. The maximum atomic E-state index is 12.3. The molecule has 0 bridgehead atoms. The van der Waals surface area contributed by atoms with Gasteiger partial charge in [0.05, 0.1) is 0 Å². The van der Waals surface area contributed by atoms with Crippen molar-refractivity contribution in [2.24, 2.45) is 0 Å². The van der Waals surface area contributed by atoms with Crippen molar-refractivity contribution in [2.75, 3.05) is 0 Å². The Morgan fingerprint density at radius 2 is 1.05 bits per heavy atom. The molecule has 0 aliphatic rings. The Labute approximate surface area is 111 Å². The molecule has 19 heavy (non-hydrogen) atoms. The van der Waals surface area contributed by atoms with E-state index >= 15 is 0 Å². The van der Waals surface area contributed by atoms with Gasteiger partial charge >= 0.3 is 7.69 Å². The average molecular weight is 261 g/mol. The standard InChI is InChI=1S/C14H12BF2O2/c16-9-11-1-5-13(6-2-11)18-15-19-14-7-3-12(10-17)4-8-14/h1-8H,9-10H2. The van der Waals surface area contributed by atoms with Crippen molar-refractivity contribution in [1.82, 2.24) is 0 Å². The highest BCUT2D eigenvalue weighted by atomic mass is 19.1. The molecule has 0 aliphatic carbocycles. The third-order valence-electron chi connectivity index (χ3n) is 2.52. The van der Waals surface area contributed by atoms with Gasteiger partial charge in [0.15, 0.2) is 0 Å². The van der Waals surface area contributed by atoms with Crippen LogP contribution in [0, 0.1) is 0 Å². The minimum atomic E-state index is -0.499. The van der Waals surface area contributed by atoms with E-state index in [2.05, 4.69) is 0 Å². The molecule has 0 fully saturated rings. The molecule has 1 radical (unpaired) electrons. The van der Waals surface area contributed by atoms with Crippen LogP contribution in [-0.2, 0) is 13.3 Å². The van der Waals surface area contributed by atoms with Crippen molar-refractivity contribution >= 4 is 7.69 Å². The van der Waals surface area contributed by atoms with Crippen molar-refractivity contribution in [3.8, 4) is 11.5 Å². The summed E-state index contributed by atoms with van der Waals surface area (Å²) in [7, 11) is 1.18. The quantitative estimate of drug-likeness (QED) is 0.739. The smallest absolute Gasteiger partial charge is 0.526 e. The summed E-state index contributed by atoms with van der Waals surface area (Å²) in [5.41, 5.74) is 1.19. The number of alkyl halides is 2. The molecule has 0 N–H and O–H groups in total. The Morgan fingerprint density at radius 1 is 0.684 bits per heavy atom. The van der Waals surface area contributed by atoms with Crippen LogP contribution in [0.15, 0.2) is 48.5 Å². The van der Waals surface area contributed by atoms with E-state index in [9.17, 15) is 8.78 Å². The van der Waals surface area contributed by atoms with Gasteiger partial charge < -0.3 is 9.31 Å². The fourth-order valence-electron chi connectivity index (χ4n) is 1.45. The molecule has 0 unspecified atom stereocenters. The van der Waals surface area contributed by atoms with Crippen LogP contribution in [0.3, 0.4) is 0 Å². The highest BCUT2D eigenvalue weighted by molar-refractivity contribution is 6.20. The van der Waals surface area contributed by atoms with Gasteiger partial charge in [-0.3, -0.25) is 0 Å². The van der Waals surface area contributed by atoms with Crippen LogP contribution in [-0.4, -0.2) is 7.69 Å². The molecule has 0 spiro atoms. The van der Waals surface area contributed by atoms with Crippen molar-refractivity contribution in [3.05, 3.63) is 59.7 Å². The number of hydrogen-bond donors (Lipinski definition) is 0. The lowest BCUT2D eigenvalue weighted by Gasteiger charge is -2.07. The molecule has 0 amide bonds. The first-order valence-electron chi connectivity index (χ1n) is 5.76. The Balaban J connectivity index is 1.81. The Bertz CT molecular complexity index is 452. The molecule has 0 saturated carbocycles. The summed E-state index contributed by atoms with van der Waals surface area (Å²) in [6, 6.07) is 13.2. The van der Waals surface area contributed by atoms with E-state index in [4.69, 9.17) is 9.31 Å². The summed E-state index contributed by atoms with van der Waals surface area (Å²) in [5, 5.41) is 0. The molecular formula is C14H12BF2O2. The number of benzene rings is 2. The maximum Gasteiger partial charge on any atom is 0.658 e. The van der Waals surface area contributed by atoms with Crippen LogP contribution < -0.4 is 9.31 Å². The highest BCUT2D eigenvalue weighted by Crippen LogP contribution is 2.15. The second-order valence-electron chi connectivity index (χ2n) is 3.89. The van der Waals surface area contributed by atoms with Crippen LogP contribution in [0.2, 0.25) is 0 Å². The maximum absolute atomic E-state index is 12.3. The number of hydrogen-bond acceptors (Lipinski definition) is 2. The number of rotatable bonds is 6. The van der Waals surface area contributed by atoms with E-state index in [1.807, 2.05) is 0 Å². The van der Waals surface area contributed by atoms with E-state index in [0.717, 1.165) is 0 Å². The summed E-state index contributed by atoms with van der Waals surface area (Å²) in [4.78, 5) is 0. The van der Waals surface area contributed by atoms with Crippen LogP contribution in [0.5, 0.6) is 11.5 Å². The van der Waals surface area contributed by atoms with Gasteiger partial charge in [-0.05, 0) is 35.4 Å². The fourth-order valence-corrected chi connectivity index (χ4v) is 1.45. The second-order valence-corrected chi connectivity index (χ2v) is 3.89. The van der Waals surface area contributed by atoms with E-state index in [1.54, 1.807) is 48.5 Å². The first kappa shape index (κ1) is 13.4. The van der Waals surface area contributed by atoms with Gasteiger partial charge in [0.25, 0.3) is 0 Å². The fraction of sp³-hybridized carbons (Fsp3) is 0.143. The van der Waals surface area contributed by atoms with Crippen molar-refractivity contribution < 1.29 is 18.1 Å². The van der Waals surface area contributed by atoms with Gasteiger partial charge in [-0.15, -0.1) is 0 Å². The summed E-state index contributed by atoms with van der Waals surface area (Å²) < 4.78 is 35.0. The van der Waals surface area contributed by atoms with Gasteiger partial charge in [-0.1, -0.05) is 24.3 Å². The highest BCUT2D eigenvalue weighted by Gasteiger charge is 2.02. The number of halogens is 2. The Hall–Kier alpha value is -2.04. The van der Waals surface area contributed by atoms with Crippen LogP contribution >= 0.6 is 0 Å². The minimum Gasteiger partial charge on any atom is -0.526 e. The summed E-state index contributed by atoms with van der Waals surface area (Å²) in [6.07, 6.45) is 0. The van der Waals surface area contributed by atoms with Crippen molar-refractivity contribution in [2.45, 2.75) is 13.3 Å². The lowest BCUT2D eigenvalue weighted by atomic mass is 10.2. The molecule has 2 aromatic rings. The van der Waals surface area contributed by atoms with Gasteiger partial charge in [0, 0.05) is 0 Å². The molecule has 5 heteroatoms. The van der Waals surface area contributed by atoms with E-state index in [-0.39, 0.29) is 0 Å². The Kier molecular flexibility index (Phi) is 4.78. The third kappa shape index (κ3) is 3.98.